The highest BCUT2D eigenvalue weighted by atomic mass is 28.3. The molecular formula is C31H36N4O2Si. The van der Waals surface area contributed by atoms with Crippen LogP contribution in [0.15, 0.2) is 71.7 Å². The highest BCUT2D eigenvalue weighted by molar-refractivity contribution is 6.90. The van der Waals surface area contributed by atoms with Crippen LogP contribution in [-0.4, -0.2) is 27.7 Å². The van der Waals surface area contributed by atoms with Crippen LogP contribution in [-0.2, 0) is 6.61 Å². The second-order valence-corrected chi connectivity index (χ2v) is 16.2. The van der Waals surface area contributed by atoms with Crippen LogP contribution in [0.3, 0.4) is 0 Å². The van der Waals surface area contributed by atoms with Crippen molar-refractivity contribution in [3.05, 3.63) is 88.3 Å². The monoisotopic (exact) mass is 524 g/mol. The van der Waals surface area contributed by atoms with Gasteiger partial charge in [-0.25, -0.2) is 4.98 Å². The maximum Gasteiger partial charge on any atom is 0.258 e. The van der Waals surface area contributed by atoms with E-state index in [4.69, 9.17) is 4.98 Å². The summed E-state index contributed by atoms with van der Waals surface area (Å²) in [6.45, 7) is 13.5. The standard InChI is InChI=1S/C31H36N4O2Si/c1-21(2)38(22(3)4,23(5)6)17-16-24-18-29(37)35(26-13-8-7-9-14-26)30-27(24)19-32-31(34-30)33-28-15-11-10-12-25(28)20-36/h7-15,18-19,21-23,36H,20H2,1-6H3,(H,32,33,34). The minimum Gasteiger partial charge on any atom is -0.392 e. The summed E-state index contributed by atoms with van der Waals surface area (Å²) in [5, 5.41) is 13.7. The number of anilines is 2. The number of nitrogens with zero attached hydrogens (tertiary/aromatic N) is 3. The fourth-order valence-electron chi connectivity index (χ4n) is 5.60. The lowest BCUT2D eigenvalue weighted by molar-refractivity contribution is 0.282. The number of aliphatic hydroxyl groups excluding tert-OH is 1. The molecule has 4 aromatic rings. The molecule has 0 spiro atoms. The molecule has 0 amide bonds. The van der Waals surface area contributed by atoms with E-state index in [1.54, 1.807) is 16.8 Å². The molecule has 4 rings (SSSR count). The quantitative estimate of drug-likeness (QED) is 0.211. The number of para-hydroxylation sites is 2. The molecule has 2 heterocycles. The molecule has 7 heteroatoms. The number of pyridine rings is 1. The SMILES string of the molecule is CC(C)[Si](C#Cc1cc(=O)n(-c2ccccc2)c2nc(Nc3ccccc3CO)ncc12)(C(C)C)C(C)C. The van der Waals surface area contributed by atoms with Crippen molar-refractivity contribution in [2.24, 2.45) is 0 Å². The van der Waals surface area contributed by atoms with Crippen LogP contribution in [0.4, 0.5) is 11.6 Å². The predicted molar refractivity (Wildman–Crippen MR) is 159 cm³/mol. The Labute approximate surface area is 225 Å². The van der Waals surface area contributed by atoms with Crippen molar-refractivity contribution in [3.63, 3.8) is 0 Å². The summed E-state index contributed by atoms with van der Waals surface area (Å²) in [4.78, 5) is 22.9. The van der Waals surface area contributed by atoms with E-state index in [1.807, 2.05) is 54.6 Å². The van der Waals surface area contributed by atoms with Crippen molar-refractivity contribution in [1.82, 2.24) is 14.5 Å². The van der Waals surface area contributed by atoms with Crippen LogP contribution in [0.25, 0.3) is 16.7 Å². The smallest absolute Gasteiger partial charge is 0.258 e. The van der Waals surface area contributed by atoms with Crippen molar-refractivity contribution >= 4 is 30.7 Å². The van der Waals surface area contributed by atoms with Gasteiger partial charge in [0.2, 0.25) is 5.95 Å². The van der Waals surface area contributed by atoms with Crippen LogP contribution in [0, 0.1) is 11.5 Å². The average molecular weight is 525 g/mol. The minimum absolute atomic E-state index is 0.113. The molecule has 0 unspecified atom stereocenters. The van der Waals surface area contributed by atoms with Crippen LogP contribution >= 0.6 is 0 Å². The maximum absolute atomic E-state index is 13.5. The normalized spacial score (nSPS) is 11.7. The van der Waals surface area contributed by atoms with Gasteiger partial charge in [-0.1, -0.05) is 83.9 Å². The Balaban J connectivity index is 1.95. The summed E-state index contributed by atoms with van der Waals surface area (Å²) < 4.78 is 1.60. The van der Waals surface area contributed by atoms with Gasteiger partial charge in [0.25, 0.3) is 5.56 Å². The molecule has 0 atom stereocenters. The largest absolute Gasteiger partial charge is 0.392 e. The Hall–Kier alpha value is -3.73. The van der Waals surface area contributed by atoms with E-state index in [1.165, 1.54) is 0 Å². The van der Waals surface area contributed by atoms with Crippen LogP contribution in [0.1, 0.15) is 52.7 Å². The average Bonchev–Trinajstić information content (AvgIpc) is 2.89. The van der Waals surface area contributed by atoms with Gasteiger partial charge in [-0.2, -0.15) is 4.98 Å². The van der Waals surface area contributed by atoms with Gasteiger partial charge in [0.05, 0.1) is 17.7 Å². The van der Waals surface area contributed by atoms with Gasteiger partial charge < -0.3 is 10.4 Å². The lowest BCUT2D eigenvalue weighted by atomic mass is 10.1. The minimum atomic E-state index is -2.01. The molecule has 0 aliphatic rings. The molecule has 2 aromatic heterocycles. The van der Waals surface area contributed by atoms with E-state index < -0.39 is 8.07 Å². The molecule has 0 bridgehead atoms. The summed E-state index contributed by atoms with van der Waals surface area (Å²) in [5.41, 5.74) is 8.27. The predicted octanol–water partition coefficient (Wildman–Crippen LogP) is 6.59. The molecule has 2 aromatic carbocycles. The molecule has 0 radical (unpaired) electrons. The van der Waals surface area contributed by atoms with E-state index in [2.05, 4.69) is 63.3 Å². The molecule has 0 saturated heterocycles. The van der Waals surface area contributed by atoms with Gasteiger partial charge in [-0.15, -0.1) is 5.54 Å². The lowest BCUT2D eigenvalue weighted by Crippen LogP contribution is -2.43. The topological polar surface area (TPSA) is 80.0 Å². The van der Waals surface area contributed by atoms with Crippen LogP contribution in [0.5, 0.6) is 0 Å². The first kappa shape index (κ1) is 27.3. The third kappa shape index (κ3) is 5.15. The number of hydrogen-bond acceptors (Lipinski definition) is 5. The first-order valence-electron chi connectivity index (χ1n) is 13.2. The van der Waals surface area contributed by atoms with Gasteiger partial charge in [0, 0.05) is 29.1 Å². The summed E-state index contributed by atoms with van der Waals surface area (Å²) >= 11 is 0. The lowest BCUT2D eigenvalue weighted by Gasteiger charge is -2.38. The van der Waals surface area contributed by atoms with Gasteiger partial charge >= 0.3 is 0 Å². The highest BCUT2D eigenvalue weighted by Crippen LogP contribution is 2.41. The summed E-state index contributed by atoms with van der Waals surface area (Å²) in [7, 11) is -2.01. The van der Waals surface area contributed by atoms with E-state index in [0.717, 1.165) is 16.6 Å². The van der Waals surface area contributed by atoms with Crippen molar-refractivity contribution in [3.8, 4) is 17.2 Å². The Morgan fingerprint density at radius 3 is 2.21 bits per heavy atom. The molecule has 38 heavy (non-hydrogen) atoms. The Morgan fingerprint density at radius 1 is 0.947 bits per heavy atom. The van der Waals surface area contributed by atoms with Crippen LogP contribution < -0.4 is 10.9 Å². The summed E-state index contributed by atoms with van der Waals surface area (Å²) in [6.07, 6.45) is 1.73. The second kappa shape index (κ2) is 11.3. The van der Waals surface area contributed by atoms with Gasteiger partial charge in [-0.3, -0.25) is 9.36 Å². The zero-order valence-corrected chi connectivity index (χ0v) is 24.0. The number of rotatable bonds is 7. The van der Waals surface area contributed by atoms with Gasteiger partial charge in [0.15, 0.2) is 5.65 Å². The number of hydrogen-bond donors (Lipinski definition) is 2. The van der Waals surface area contributed by atoms with Gasteiger partial charge in [0.1, 0.15) is 8.07 Å². The Kier molecular flexibility index (Phi) is 8.15. The first-order chi connectivity index (χ1) is 18.2. The van der Waals surface area contributed by atoms with Crippen molar-refractivity contribution in [1.29, 1.82) is 0 Å². The zero-order chi connectivity index (χ0) is 27.4. The molecule has 196 valence electrons. The van der Waals surface area contributed by atoms with E-state index in [0.29, 0.717) is 39.5 Å². The Morgan fingerprint density at radius 2 is 1.58 bits per heavy atom. The van der Waals surface area contributed by atoms with E-state index >= 15 is 0 Å². The molecule has 6 nitrogen and oxygen atoms in total. The van der Waals surface area contributed by atoms with Crippen molar-refractivity contribution < 1.29 is 5.11 Å². The third-order valence-electron chi connectivity index (χ3n) is 7.49. The molecule has 0 saturated carbocycles. The first-order valence-corrected chi connectivity index (χ1v) is 15.4. The van der Waals surface area contributed by atoms with Crippen molar-refractivity contribution in [2.45, 2.75) is 64.8 Å². The van der Waals surface area contributed by atoms with E-state index in [-0.39, 0.29) is 12.2 Å². The summed E-state index contributed by atoms with van der Waals surface area (Å²) in [6, 6.07) is 18.5. The number of benzene rings is 2. The molecule has 0 aliphatic carbocycles. The van der Waals surface area contributed by atoms with Gasteiger partial charge in [-0.05, 0) is 34.8 Å². The number of aromatic nitrogens is 3. The van der Waals surface area contributed by atoms with Crippen LogP contribution in [0.2, 0.25) is 16.6 Å². The number of fused-ring (bicyclic) bond motifs is 1. The highest BCUT2D eigenvalue weighted by Gasteiger charge is 2.41. The van der Waals surface area contributed by atoms with Crippen molar-refractivity contribution in [2.75, 3.05) is 5.32 Å². The zero-order valence-electron chi connectivity index (χ0n) is 23.0. The Bertz CT molecular complexity index is 1530. The second-order valence-electron chi connectivity index (χ2n) is 10.6. The molecule has 2 N–H and O–H groups in total. The summed E-state index contributed by atoms with van der Waals surface area (Å²) in [5.74, 6) is 3.78. The van der Waals surface area contributed by atoms with E-state index in [9.17, 15) is 9.90 Å². The maximum atomic E-state index is 13.5. The molecular weight excluding hydrogens is 488 g/mol. The number of nitrogens with one attached hydrogen (secondary N) is 1. The fourth-order valence-corrected chi connectivity index (χ4v) is 10.8. The number of aliphatic hydroxyl groups is 1. The fraction of sp³-hybridized carbons (Fsp3) is 0.323. The third-order valence-corrected chi connectivity index (χ3v) is 13.8. The molecule has 0 fully saturated rings. The molecule has 0 aliphatic heterocycles.